The zero-order chi connectivity index (χ0) is 12.2. The van der Waals surface area contributed by atoms with Gasteiger partial charge < -0.3 is 4.90 Å². The predicted octanol–water partition coefficient (Wildman–Crippen LogP) is 3.83. The van der Waals surface area contributed by atoms with Crippen LogP contribution < -0.4 is 0 Å². The number of rotatable bonds is 10. The van der Waals surface area contributed by atoms with Crippen LogP contribution in [0.2, 0.25) is 0 Å². The second-order valence-corrected chi connectivity index (χ2v) is 4.69. The summed E-state index contributed by atoms with van der Waals surface area (Å²) in [4.78, 5) is 2.40. The molecule has 16 heavy (non-hydrogen) atoms. The van der Waals surface area contributed by atoms with E-state index >= 15 is 0 Å². The van der Waals surface area contributed by atoms with Gasteiger partial charge in [0.25, 0.3) is 0 Å². The first-order chi connectivity index (χ1) is 7.74. The van der Waals surface area contributed by atoms with Gasteiger partial charge in [-0.25, -0.2) is 0 Å². The lowest BCUT2D eigenvalue weighted by Crippen LogP contribution is -2.29. The van der Waals surface area contributed by atoms with Gasteiger partial charge in [-0.1, -0.05) is 46.0 Å². The third kappa shape index (κ3) is 8.73. The van der Waals surface area contributed by atoms with Gasteiger partial charge in [0.2, 0.25) is 0 Å². The molecule has 1 atom stereocenters. The highest BCUT2D eigenvalue weighted by Gasteiger charge is 2.06. The first kappa shape index (κ1) is 15.4. The minimum absolute atomic E-state index is 0.167. The number of hydrogen-bond acceptors (Lipinski definition) is 2. The van der Waals surface area contributed by atoms with Crippen molar-refractivity contribution in [3.8, 4) is 6.07 Å². The number of nitriles is 1. The van der Waals surface area contributed by atoms with E-state index in [0.29, 0.717) is 0 Å². The standard InChI is InChI=1S/C14H28N2/c1-4-6-7-8-9-10-11-16(5-2)13-14(3)12-15/h14H,4-11,13H2,1-3H3. The molecule has 0 heterocycles. The monoisotopic (exact) mass is 224 g/mol. The van der Waals surface area contributed by atoms with Crippen LogP contribution in [-0.4, -0.2) is 24.5 Å². The summed E-state index contributed by atoms with van der Waals surface area (Å²) in [7, 11) is 0. The SMILES string of the molecule is CCCCCCCCN(CC)CC(C)C#N. The molecule has 0 aliphatic carbocycles. The van der Waals surface area contributed by atoms with Gasteiger partial charge in [0, 0.05) is 6.54 Å². The maximum atomic E-state index is 8.77. The molecule has 0 rings (SSSR count). The van der Waals surface area contributed by atoms with Crippen molar-refractivity contribution in [1.29, 1.82) is 5.26 Å². The molecular formula is C14H28N2. The minimum Gasteiger partial charge on any atom is -0.302 e. The Balaban J connectivity index is 3.45. The molecule has 0 fully saturated rings. The molecule has 1 unspecified atom stereocenters. The Labute approximate surface area is 102 Å². The van der Waals surface area contributed by atoms with Gasteiger partial charge in [0.05, 0.1) is 12.0 Å². The third-order valence-corrected chi connectivity index (χ3v) is 3.03. The van der Waals surface area contributed by atoms with E-state index in [9.17, 15) is 0 Å². The van der Waals surface area contributed by atoms with Gasteiger partial charge in [-0.3, -0.25) is 0 Å². The van der Waals surface area contributed by atoms with Crippen molar-refractivity contribution in [2.75, 3.05) is 19.6 Å². The van der Waals surface area contributed by atoms with Gasteiger partial charge >= 0.3 is 0 Å². The van der Waals surface area contributed by atoms with E-state index in [1.807, 2.05) is 6.92 Å². The highest BCUT2D eigenvalue weighted by atomic mass is 15.1. The molecule has 2 nitrogen and oxygen atoms in total. The van der Waals surface area contributed by atoms with Crippen LogP contribution in [0.1, 0.15) is 59.3 Å². The molecule has 0 radical (unpaired) electrons. The first-order valence-electron chi connectivity index (χ1n) is 6.86. The second kappa shape index (κ2) is 11.0. The predicted molar refractivity (Wildman–Crippen MR) is 70.3 cm³/mol. The van der Waals surface area contributed by atoms with E-state index in [1.165, 1.54) is 38.5 Å². The van der Waals surface area contributed by atoms with E-state index in [0.717, 1.165) is 19.6 Å². The Morgan fingerprint density at radius 3 is 2.25 bits per heavy atom. The van der Waals surface area contributed by atoms with Gasteiger partial charge in [0.15, 0.2) is 0 Å². The fourth-order valence-corrected chi connectivity index (χ4v) is 1.92. The summed E-state index contributed by atoms with van der Waals surface area (Å²) >= 11 is 0. The van der Waals surface area contributed by atoms with Crippen molar-refractivity contribution in [3.05, 3.63) is 0 Å². The zero-order valence-corrected chi connectivity index (χ0v) is 11.3. The van der Waals surface area contributed by atoms with E-state index in [4.69, 9.17) is 5.26 Å². The second-order valence-electron chi connectivity index (χ2n) is 4.69. The van der Waals surface area contributed by atoms with Crippen LogP contribution in [0.15, 0.2) is 0 Å². The first-order valence-corrected chi connectivity index (χ1v) is 6.86. The quantitative estimate of drug-likeness (QED) is 0.527. The summed E-state index contributed by atoms with van der Waals surface area (Å²) < 4.78 is 0. The molecule has 0 spiro atoms. The zero-order valence-electron chi connectivity index (χ0n) is 11.3. The van der Waals surface area contributed by atoms with Crippen molar-refractivity contribution in [1.82, 2.24) is 4.90 Å². The lowest BCUT2D eigenvalue weighted by atomic mass is 10.1. The summed E-state index contributed by atoms with van der Waals surface area (Å²) in [5.74, 6) is 0.167. The number of unbranched alkanes of at least 4 members (excludes halogenated alkanes) is 5. The molecule has 2 heteroatoms. The van der Waals surface area contributed by atoms with Gasteiger partial charge in [-0.15, -0.1) is 0 Å². The Morgan fingerprint density at radius 2 is 1.69 bits per heavy atom. The molecule has 0 aromatic heterocycles. The maximum Gasteiger partial charge on any atom is 0.0666 e. The van der Waals surface area contributed by atoms with Crippen LogP contribution in [0.25, 0.3) is 0 Å². The molecule has 0 saturated carbocycles. The van der Waals surface area contributed by atoms with E-state index in [2.05, 4.69) is 24.8 Å². The average Bonchev–Trinajstić information content (AvgIpc) is 2.31. The van der Waals surface area contributed by atoms with Crippen molar-refractivity contribution < 1.29 is 0 Å². The number of hydrogen-bond donors (Lipinski definition) is 0. The summed E-state index contributed by atoms with van der Waals surface area (Å²) in [6, 6.07) is 2.31. The Bertz CT molecular complexity index is 184. The molecule has 0 aromatic carbocycles. The van der Waals surface area contributed by atoms with Gasteiger partial charge in [-0.05, 0) is 26.4 Å². The molecule has 0 bridgehead atoms. The Kier molecular flexibility index (Phi) is 10.6. The highest BCUT2D eigenvalue weighted by Crippen LogP contribution is 2.07. The van der Waals surface area contributed by atoms with Crippen molar-refractivity contribution in [2.24, 2.45) is 5.92 Å². The topological polar surface area (TPSA) is 27.0 Å². The van der Waals surface area contributed by atoms with Crippen LogP contribution in [-0.2, 0) is 0 Å². The number of nitrogens with zero attached hydrogens (tertiary/aromatic N) is 2. The van der Waals surface area contributed by atoms with Crippen molar-refractivity contribution >= 4 is 0 Å². The van der Waals surface area contributed by atoms with Gasteiger partial charge in [0.1, 0.15) is 0 Å². The summed E-state index contributed by atoms with van der Waals surface area (Å²) in [5.41, 5.74) is 0. The van der Waals surface area contributed by atoms with Crippen molar-refractivity contribution in [2.45, 2.75) is 59.3 Å². The maximum absolute atomic E-state index is 8.77. The summed E-state index contributed by atoms with van der Waals surface area (Å²) in [6.07, 6.45) is 8.09. The third-order valence-electron chi connectivity index (χ3n) is 3.03. The highest BCUT2D eigenvalue weighted by molar-refractivity contribution is 4.81. The Hall–Kier alpha value is -0.550. The van der Waals surface area contributed by atoms with Crippen molar-refractivity contribution in [3.63, 3.8) is 0 Å². The molecule has 0 N–H and O–H groups in total. The average molecular weight is 224 g/mol. The smallest absolute Gasteiger partial charge is 0.0666 e. The van der Waals surface area contributed by atoms with Crippen LogP contribution in [0, 0.1) is 17.2 Å². The summed E-state index contributed by atoms with van der Waals surface area (Å²) in [6.45, 7) is 9.60. The molecule has 94 valence electrons. The molecule has 0 saturated heterocycles. The largest absolute Gasteiger partial charge is 0.302 e. The fourth-order valence-electron chi connectivity index (χ4n) is 1.92. The normalized spacial score (nSPS) is 12.7. The van der Waals surface area contributed by atoms with E-state index in [-0.39, 0.29) is 5.92 Å². The fraction of sp³-hybridized carbons (Fsp3) is 0.929. The Morgan fingerprint density at radius 1 is 1.06 bits per heavy atom. The van der Waals surface area contributed by atoms with E-state index in [1.54, 1.807) is 0 Å². The lowest BCUT2D eigenvalue weighted by Gasteiger charge is -2.21. The van der Waals surface area contributed by atoms with Gasteiger partial charge in [-0.2, -0.15) is 5.26 Å². The van der Waals surface area contributed by atoms with Crippen LogP contribution >= 0.6 is 0 Å². The molecular weight excluding hydrogens is 196 g/mol. The van der Waals surface area contributed by atoms with Crippen LogP contribution in [0.4, 0.5) is 0 Å². The van der Waals surface area contributed by atoms with Crippen LogP contribution in [0.3, 0.4) is 0 Å². The molecule has 0 aromatic rings. The van der Waals surface area contributed by atoms with Crippen LogP contribution in [0.5, 0.6) is 0 Å². The van der Waals surface area contributed by atoms with E-state index < -0.39 is 0 Å². The molecule has 0 aliphatic heterocycles. The lowest BCUT2D eigenvalue weighted by molar-refractivity contribution is 0.262. The summed E-state index contributed by atoms with van der Waals surface area (Å²) in [5, 5.41) is 8.77. The molecule has 0 aliphatic rings. The molecule has 0 amide bonds. The minimum atomic E-state index is 0.167.